The standard InChI is InChI=1S/C29H27FN6O3/c1-2-26(37)35-14-4-6-22(17-35)36-29-27(28(31)32-19-33-29)25(34-36)9-5-15-38-23-7-3-8-24(16-23)39-18-20-10-12-21(30)13-11-20/h2-3,7-8,10-13,16,19,22H,1,4,6,14-15,17-18H2,(H2,31,32,33). The topological polar surface area (TPSA) is 108 Å². The largest absolute Gasteiger partial charge is 0.489 e. The maximum Gasteiger partial charge on any atom is 0.246 e. The smallest absolute Gasteiger partial charge is 0.246 e. The van der Waals surface area contributed by atoms with E-state index in [1.165, 1.54) is 24.5 Å². The Hall–Kier alpha value is -4.91. The van der Waals surface area contributed by atoms with E-state index < -0.39 is 0 Å². The average molecular weight is 527 g/mol. The number of fused-ring (bicyclic) bond motifs is 1. The third kappa shape index (κ3) is 5.99. The zero-order valence-corrected chi connectivity index (χ0v) is 21.2. The number of rotatable bonds is 7. The number of nitrogens with zero attached hydrogens (tertiary/aromatic N) is 5. The minimum absolute atomic E-state index is 0.0658. The summed E-state index contributed by atoms with van der Waals surface area (Å²) in [6.45, 7) is 5.19. The maximum atomic E-state index is 13.1. The molecule has 0 spiro atoms. The number of ether oxygens (including phenoxy) is 2. The van der Waals surface area contributed by atoms with Crippen molar-refractivity contribution in [2.24, 2.45) is 0 Å². The third-order valence-electron chi connectivity index (χ3n) is 6.39. The third-order valence-corrected chi connectivity index (χ3v) is 6.39. The van der Waals surface area contributed by atoms with E-state index in [9.17, 15) is 9.18 Å². The van der Waals surface area contributed by atoms with Crippen LogP contribution in [0.25, 0.3) is 11.0 Å². The van der Waals surface area contributed by atoms with Crippen molar-refractivity contribution >= 4 is 22.8 Å². The summed E-state index contributed by atoms with van der Waals surface area (Å²) in [5, 5.41) is 5.29. The zero-order valence-electron chi connectivity index (χ0n) is 21.2. The highest BCUT2D eigenvalue weighted by Gasteiger charge is 2.27. The van der Waals surface area contributed by atoms with Crippen LogP contribution in [0.3, 0.4) is 0 Å². The monoisotopic (exact) mass is 526 g/mol. The van der Waals surface area contributed by atoms with E-state index in [4.69, 9.17) is 20.3 Å². The summed E-state index contributed by atoms with van der Waals surface area (Å²) in [4.78, 5) is 22.5. The van der Waals surface area contributed by atoms with Crippen molar-refractivity contribution in [3.05, 3.63) is 84.6 Å². The van der Waals surface area contributed by atoms with Crippen LogP contribution < -0.4 is 15.2 Å². The first-order chi connectivity index (χ1) is 19.0. The van der Waals surface area contributed by atoms with Gasteiger partial charge in [-0.25, -0.2) is 19.0 Å². The molecule has 10 heteroatoms. The lowest BCUT2D eigenvalue weighted by Gasteiger charge is -2.32. The summed E-state index contributed by atoms with van der Waals surface area (Å²) in [6.07, 6.45) is 4.41. The van der Waals surface area contributed by atoms with E-state index in [2.05, 4.69) is 28.4 Å². The number of carbonyl (C=O) groups is 1. The molecule has 9 nitrogen and oxygen atoms in total. The Morgan fingerprint density at radius 1 is 1.18 bits per heavy atom. The number of likely N-dealkylation sites (tertiary alicyclic amines) is 1. The number of piperidine rings is 1. The van der Waals surface area contributed by atoms with Crippen LogP contribution >= 0.6 is 0 Å². The Bertz CT molecular complexity index is 1560. The molecule has 4 aromatic rings. The van der Waals surface area contributed by atoms with Gasteiger partial charge >= 0.3 is 0 Å². The molecule has 1 amide bonds. The normalized spacial score (nSPS) is 14.9. The first-order valence-electron chi connectivity index (χ1n) is 12.5. The summed E-state index contributed by atoms with van der Waals surface area (Å²) in [6, 6.07) is 13.3. The van der Waals surface area contributed by atoms with Crippen LogP contribution in [0.15, 0.2) is 67.5 Å². The van der Waals surface area contributed by atoms with Crippen molar-refractivity contribution in [2.45, 2.75) is 25.5 Å². The number of hydrogen-bond acceptors (Lipinski definition) is 7. The van der Waals surface area contributed by atoms with Crippen molar-refractivity contribution in [3.8, 4) is 23.3 Å². The fourth-order valence-corrected chi connectivity index (χ4v) is 4.46. The maximum absolute atomic E-state index is 13.1. The van der Waals surface area contributed by atoms with Gasteiger partial charge in [-0.05, 0) is 54.7 Å². The minimum Gasteiger partial charge on any atom is -0.489 e. The van der Waals surface area contributed by atoms with Crippen molar-refractivity contribution in [1.29, 1.82) is 0 Å². The highest BCUT2D eigenvalue weighted by atomic mass is 19.1. The Morgan fingerprint density at radius 2 is 1.97 bits per heavy atom. The molecular weight excluding hydrogens is 499 g/mol. The molecule has 198 valence electrons. The van der Waals surface area contributed by atoms with Crippen LogP contribution in [0, 0.1) is 17.7 Å². The minimum atomic E-state index is -0.286. The summed E-state index contributed by atoms with van der Waals surface area (Å²) >= 11 is 0. The molecule has 0 bridgehead atoms. The molecular formula is C29H27FN6O3. The SMILES string of the molecule is C=CC(=O)N1CCCC(n2nc(C#CCOc3cccc(OCc4ccc(F)cc4)c3)c3c(N)ncnc32)C1. The van der Waals surface area contributed by atoms with Gasteiger partial charge in [0, 0.05) is 19.2 Å². The van der Waals surface area contributed by atoms with E-state index in [0.717, 1.165) is 18.4 Å². The molecule has 39 heavy (non-hydrogen) atoms. The van der Waals surface area contributed by atoms with Crippen molar-refractivity contribution in [2.75, 3.05) is 25.4 Å². The number of benzene rings is 2. The molecule has 3 heterocycles. The molecule has 1 fully saturated rings. The number of hydrogen-bond donors (Lipinski definition) is 1. The molecule has 2 N–H and O–H groups in total. The zero-order chi connectivity index (χ0) is 27.2. The second-order valence-electron chi connectivity index (χ2n) is 9.02. The quantitative estimate of drug-likeness (QED) is 0.287. The van der Waals surface area contributed by atoms with E-state index in [0.29, 0.717) is 47.9 Å². The van der Waals surface area contributed by atoms with Crippen molar-refractivity contribution in [3.63, 3.8) is 0 Å². The predicted molar refractivity (Wildman–Crippen MR) is 144 cm³/mol. The van der Waals surface area contributed by atoms with Gasteiger partial charge in [0.1, 0.15) is 48.4 Å². The van der Waals surface area contributed by atoms with Gasteiger partial charge in [-0.3, -0.25) is 4.79 Å². The van der Waals surface area contributed by atoms with Crippen LogP contribution in [0.1, 0.15) is 30.1 Å². The Kier molecular flexibility index (Phi) is 7.68. The second kappa shape index (κ2) is 11.6. The first kappa shape index (κ1) is 25.7. The van der Waals surface area contributed by atoms with Gasteiger partial charge in [0.25, 0.3) is 0 Å². The first-order valence-corrected chi connectivity index (χ1v) is 12.5. The Labute approximate surface area is 225 Å². The molecule has 2 aromatic carbocycles. The number of aromatic nitrogens is 4. The molecule has 1 atom stereocenters. The molecule has 5 rings (SSSR count). The van der Waals surface area contributed by atoms with Gasteiger partial charge in [0.2, 0.25) is 5.91 Å². The molecule has 0 aliphatic carbocycles. The van der Waals surface area contributed by atoms with E-state index in [1.54, 1.807) is 27.8 Å². The van der Waals surface area contributed by atoms with Gasteiger partial charge in [0.15, 0.2) is 5.65 Å². The van der Waals surface area contributed by atoms with Gasteiger partial charge < -0.3 is 20.1 Å². The molecule has 1 saturated heterocycles. The lowest BCUT2D eigenvalue weighted by Crippen LogP contribution is -2.40. The number of amides is 1. The fourth-order valence-electron chi connectivity index (χ4n) is 4.46. The van der Waals surface area contributed by atoms with E-state index >= 15 is 0 Å². The van der Waals surface area contributed by atoms with E-state index in [-0.39, 0.29) is 30.2 Å². The lowest BCUT2D eigenvalue weighted by atomic mass is 10.1. The second-order valence-corrected chi connectivity index (χ2v) is 9.02. The highest BCUT2D eigenvalue weighted by Crippen LogP contribution is 2.28. The van der Waals surface area contributed by atoms with Gasteiger partial charge in [-0.1, -0.05) is 30.7 Å². The predicted octanol–water partition coefficient (Wildman–Crippen LogP) is 3.91. The van der Waals surface area contributed by atoms with Crippen LogP contribution in [-0.4, -0.2) is 50.3 Å². The van der Waals surface area contributed by atoms with Gasteiger partial charge in [-0.15, -0.1) is 0 Å². The van der Waals surface area contributed by atoms with Crippen LogP contribution in [0.5, 0.6) is 11.5 Å². The summed E-state index contributed by atoms with van der Waals surface area (Å²) in [5.74, 6) is 7.15. The van der Waals surface area contributed by atoms with Crippen molar-refractivity contribution in [1.82, 2.24) is 24.6 Å². The molecule has 0 saturated carbocycles. The Morgan fingerprint density at radius 3 is 2.77 bits per heavy atom. The van der Waals surface area contributed by atoms with Gasteiger partial charge in [0.05, 0.1) is 11.4 Å². The Balaban J connectivity index is 1.28. The number of nitrogen functional groups attached to an aromatic ring is 1. The fraction of sp³-hybridized carbons (Fsp3) is 0.241. The van der Waals surface area contributed by atoms with Gasteiger partial charge in [-0.2, -0.15) is 5.10 Å². The molecule has 1 aliphatic heterocycles. The summed E-state index contributed by atoms with van der Waals surface area (Å²) < 4.78 is 26.5. The number of halogens is 1. The molecule has 1 aliphatic rings. The van der Waals surface area contributed by atoms with E-state index in [1.807, 2.05) is 18.2 Å². The highest BCUT2D eigenvalue weighted by molar-refractivity contribution is 5.90. The lowest BCUT2D eigenvalue weighted by molar-refractivity contribution is -0.127. The van der Waals surface area contributed by atoms with Crippen LogP contribution in [-0.2, 0) is 11.4 Å². The number of carbonyl (C=O) groups excluding carboxylic acids is 1. The number of anilines is 1. The molecule has 1 unspecified atom stereocenters. The number of nitrogens with two attached hydrogens (primary N) is 1. The summed E-state index contributed by atoms with van der Waals surface area (Å²) in [7, 11) is 0. The summed E-state index contributed by atoms with van der Waals surface area (Å²) in [5.41, 5.74) is 8.07. The van der Waals surface area contributed by atoms with Crippen LogP contribution in [0.4, 0.5) is 10.2 Å². The molecule has 2 aromatic heterocycles. The molecule has 0 radical (unpaired) electrons. The van der Waals surface area contributed by atoms with Crippen LogP contribution in [0.2, 0.25) is 0 Å². The average Bonchev–Trinajstić information content (AvgIpc) is 3.35. The van der Waals surface area contributed by atoms with Crippen molar-refractivity contribution < 1.29 is 18.7 Å².